The third-order valence-corrected chi connectivity index (χ3v) is 10.4. The van der Waals surface area contributed by atoms with E-state index in [0.29, 0.717) is 33.4 Å². The Morgan fingerprint density at radius 1 is 0.707 bits per heavy atom. The van der Waals surface area contributed by atoms with Gasteiger partial charge in [0, 0.05) is 59.6 Å². The van der Waals surface area contributed by atoms with Gasteiger partial charge in [-0.3, -0.25) is 14.2 Å². The van der Waals surface area contributed by atoms with E-state index in [4.69, 9.17) is 4.74 Å². The minimum absolute atomic E-state index is 0.0543. The SMILES string of the molecule is C=C(OCC)c1cc(F)ccc1-n1nc(C(F)(F)F)cc1Cc1cnn(CC)c1Br.CCn1ncc(Cc2cc(C(F)(F)F)nn2-c2ccc(F)cc2C(C)=O)c1Br. The highest BCUT2D eigenvalue weighted by atomic mass is 79.9. The van der Waals surface area contributed by atoms with Crippen molar-refractivity contribution in [3.05, 3.63) is 133 Å². The number of hydrogen-bond acceptors (Lipinski definition) is 6. The molecule has 4 heterocycles. The number of alkyl halides is 6. The standard InChI is InChI=1S/C20H19BrF4N4O.C18H15BrF4N4O/c1-4-28-19(21)13(11-26-28)8-15-10-18(20(23,24)25)27-29(15)17-7-6-14(22)9-16(17)12(3)30-5-2;1-3-26-17(19)11(9-24-26)6-13-8-16(18(21,22)23)25-27(13)15-5-4-12(20)7-14(15)10(2)28/h6-7,9-11H,3-5,8H2,1-2H3;4-5,7-9H,3,6H2,1-2H3. The van der Waals surface area contributed by atoms with Gasteiger partial charge in [-0.05, 0) is 108 Å². The zero-order valence-corrected chi connectivity index (χ0v) is 34.4. The molecule has 6 aromatic rings. The number of ketones is 1. The minimum Gasteiger partial charge on any atom is -0.494 e. The molecule has 0 unspecified atom stereocenters. The predicted molar refractivity (Wildman–Crippen MR) is 205 cm³/mol. The first-order valence-corrected chi connectivity index (χ1v) is 19.0. The average molecular weight is 947 g/mol. The lowest BCUT2D eigenvalue weighted by Gasteiger charge is -2.15. The molecular formula is C38H34Br2F8N8O2. The number of aryl methyl sites for hydroxylation is 2. The third-order valence-electron chi connectivity index (χ3n) is 8.55. The Hall–Kier alpha value is -5.11. The fraction of sp³-hybridized carbons (Fsp3) is 0.289. The van der Waals surface area contributed by atoms with Crippen molar-refractivity contribution in [1.82, 2.24) is 39.1 Å². The molecule has 20 heteroatoms. The van der Waals surface area contributed by atoms with Crippen LogP contribution in [0.5, 0.6) is 0 Å². The average Bonchev–Trinajstić information content (AvgIpc) is 3.95. The van der Waals surface area contributed by atoms with Gasteiger partial charge in [0.05, 0.1) is 30.4 Å². The number of Topliss-reactive ketones (excluding diaryl/α,β-unsaturated/α-hetero) is 1. The molecule has 308 valence electrons. The summed E-state index contributed by atoms with van der Waals surface area (Å²) in [4.78, 5) is 11.9. The molecule has 0 atom stereocenters. The second-order valence-electron chi connectivity index (χ2n) is 12.5. The van der Waals surface area contributed by atoms with Crippen molar-refractivity contribution in [1.29, 1.82) is 0 Å². The summed E-state index contributed by atoms with van der Waals surface area (Å²) >= 11 is 6.82. The van der Waals surface area contributed by atoms with E-state index < -0.39 is 41.2 Å². The molecule has 6 rings (SSSR count). The molecule has 0 bridgehead atoms. The molecule has 0 radical (unpaired) electrons. The van der Waals surface area contributed by atoms with Crippen LogP contribution in [0, 0.1) is 11.6 Å². The lowest BCUT2D eigenvalue weighted by molar-refractivity contribution is -0.142. The van der Waals surface area contributed by atoms with Gasteiger partial charge in [0.2, 0.25) is 0 Å². The molecule has 10 nitrogen and oxygen atoms in total. The largest absolute Gasteiger partial charge is 0.494 e. The van der Waals surface area contributed by atoms with Gasteiger partial charge in [-0.15, -0.1) is 0 Å². The third kappa shape index (κ3) is 9.77. The van der Waals surface area contributed by atoms with Crippen molar-refractivity contribution in [3.63, 3.8) is 0 Å². The van der Waals surface area contributed by atoms with E-state index in [0.717, 1.165) is 45.8 Å². The Morgan fingerprint density at radius 3 is 1.48 bits per heavy atom. The molecule has 58 heavy (non-hydrogen) atoms. The van der Waals surface area contributed by atoms with Gasteiger partial charge in [-0.25, -0.2) is 18.1 Å². The number of hydrogen-bond donors (Lipinski definition) is 0. The van der Waals surface area contributed by atoms with Crippen LogP contribution in [0.4, 0.5) is 35.1 Å². The number of carbonyl (C=O) groups is 1. The van der Waals surface area contributed by atoms with Gasteiger partial charge in [0.25, 0.3) is 0 Å². The molecule has 0 aliphatic heterocycles. The molecule has 0 fully saturated rings. The molecule has 0 aliphatic rings. The van der Waals surface area contributed by atoms with Gasteiger partial charge >= 0.3 is 12.4 Å². The lowest BCUT2D eigenvalue weighted by atomic mass is 10.1. The van der Waals surface area contributed by atoms with Crippen molar-refractivity contribution in [2.24, 2.45) is 0 Å². The molecule has 0 aliphatic carbocycles. The van der Waals surface area contributed by atoms with E-state index in [1.54, 1.807) is 28.7 Å². The Balaban J connectivity index is 0.000000221. The number of rotatable bonds is 12. The maximum absolute atomic E-state index is 13.9. The number of carbonyl (C=O) groups excluding carboxylic acids is 1. The smallest absolute Gasteiger partial charge is 0.435 e. The van der Waals surface area contributed by atoms with Crippen LogP contribution in [-0.4, -0.2) is 51.5 Å². The molecule has 0 saturated carbocycles. The summed E-state index contributed by atoms with van der Waals surface area (Å²) in [6, 6.07) is 8.88. The summed E-state index contributed by atoms with van der Waals surface area (Å²) in [5.74, 6) is -1.57. The number of aromatic nitrogens is 8. The monoisotopic (exact) mass is 944 g/mol. The first-order valence-electron chi connectivity index (χ1n) is 17.4. The van der Waals surface area contributed by atoms with Crippen LogP contribution in [0.2, 0.25) is 0 Å². The normalized spacial score (nSPS) is 11.8. The second kappa shape index (κ2) is 17.8. The van der Waals surface area contributed by atoms with E-state index in [1.165, 1.54) is 19.1 Å². The van der Waals surface area contributed by atoms with Crippen LogP contribution in [0.15, 0.2) is 76.7 Å². The molecule has 2 aromatic carbocycles. The first-order chi connectivity index (χ1) is 27.3. The van der Waals surface area contributed by atoms with Crippen molar-refractivity contribution in [3.8, 4) is 11.4 Å². The predicted octanol–water partition coefficient (Wildman–Crippen LogP) is 10.4. The Bertz CT molecular complexity index is 2450. The fourth-order valence-electron chi connectivity index (χ4n) is 5.82. The highest BCUT2D eigenvalue weighted by Gasteiger charge is 2.37. The summed E-state index contributed by atoms with van der Waals surface area (Å²) in [5, 5.41) is 15.8. The van der Waals surface area contributed by atoms with Gasteiger partial charge in [-0.1, -0.05) is 6.58 Å². The van der Waals surface area contributed by atoms with Crippen LogP contribution in [-0.2, 0) is 43.0 Å². The molecular weight excluding hydrogens is 912 g/mol. The zero-order chi connectivity index (χ0) is 42.7. The van der Waals surface area contributed by atoms with Crippen molar-refractivity contribution < 1.29 is 44.7 Å². The second-order valence-corrected chi connectivity index (χ2v) is 14.0. The quantitative estimate of drug-likeness (QED) is 0.0689. The van der Waals surface area contributed by atoms with Gasteiger partial charge < -0.3 is 4.74 Å². The molecule has 0 amide bonds. The summed E-state index contributed by atoms with van der Waals surface area (Å²) in [5.41, 5.74) is 0.141. The minimum atomic E-state index is -4.67. The van der Waals surface area contributed by atoms with Crippen molar-refractivity contribution in [2.45, 2.75) is 66.0 Å². The molecule has 0 spiro atoms. The van der Waals surface area contributed by atoms with E-state index in [9.17, 15) is 39.9 Å². The van der Waals surface area contributed by atoms with Crippen molar-refractivity contribution >= 4 is 43.4 Å². The van der Waals surface area contributed by atoms with Gasteiger partial charge in [-0.2, -0.15) is 46.7 Å². The maximum Gasteiger partial charge on any atom is 0.435 e. The van der Waals surface area contributed by atoms with Crippen molar-refractivity contribution in [2.75, 3.05) is 6.61 Å². The number of halogens is 10. The first kappa shape index (κ1) is 44.0. The van der Waals surface area contributed by atoms with Crippen LogP contribution in [0.1, 0.15) is 77.5 Å². The Kier molecular flexibility index (Phi) is 13.5. The highest BCUT2D eigenvalue weighted by molar-refractivity contribution is 9.10. The summed E-state index contributed by atoms with van der Waals surface area (Å²) in [6.45, 7) is 12.0. The van der Waals surface area contributed by atoms with E-state index in [-0.39, 0.29) is 59.1 Å². The lowest BCUT2D eigenvalue weighted by Crippen LogP contribution is -2.11. The molecule has 0 N–H and O–H groups in total. The van der Waals surface area contributed by atoms with Crippen LogP contribution < -0.4 is 0 Å². The number of ether oxygens (including phenoxy) is 1. The van der Waals surface area contributed by atoms with Crippen LogP contribution in [0.25, 0.3) is 17.1 Å². The number of nitrogens with zero attached hydrogens (tertiary/aromatic N) is 8. The zero-order valence-electron chi connectivity index (χ0n) is 31.2. The van der Waals surface area contributed by atoms with E-state index in [2.05, 4.69) is 58.8 Å². The summed E-state index contributed by atoms with van der Waals surface area (Å²) in [6.07, 6.45) is -5.96. The van der Waals surface area contributed by atoms with Gasteiger partial charge in [0.15, 0.2) is 17.2 Å². The Labute approximate surface area is 343 Å². The van der Waals surface area contributed by atoms with Crippen LogP contribution >= 0.6 is 31.9 Å². The maximum atomic E-state index is 13.9. The summed E-state index contributed by atoms with van der Waals surface area (Å²) < 4.78 is 120. The molecule has 4 aromatic heterocycles. The number of benzene rings is 2. The Morgan fingerprint density at radius 2 is 1.12 bits per heavy atom. The fourth-order valence-corrected chi connectivity index (χ4v) is 6.99. The topological polar surface area (TPSA) is 97.6 Å². The summed E-state index contributed by atoms with van der Waals surface area (Å²) in [7, 11) is 0. The van der Waals surface area contributed by atoms with E-state index >= 15 is 0 Å². The van der Waals surface area contributed by atoms with E-state index in [1.807, 2.05) is 13.8 Å². The molecule has 0 saturated heterocycles. The van der Waals surface area contributed by atoms with Crippen LogP contribution in [0.3, 0.4) is 0 Å². The van der Waals surface area contributed by atoms with Gasteiger partial charge in [0.1, 0.15) is 26.6 Å². The highest BCUT2D eigenvalue weighted by Crippen LogP contribution is 2.34.